The highest BCUT2D eigenvalue weighted by atomic mass is 16.5. The number of nitrogens with one attached hydrogen (secondary N) is 1. The van der Waals surface area contributed by atoms with Gasteiger partial charge < -0.3 is 4.52 Å². The van der Waals surface area contributed by atoms with Crippen molar-refractivity contribution in [1.29, 1.82) is 0 Å². The number of nitrogens with zero attached hydrogens (tertiary/aromatic N) is 5. The number of hydrogen-bond donors (Lipinski definition) is 1. The number of carbonyl (C=O) groups excluding carboxylic acids is 1. The van der Waals surface area contributed by atoms with Crippen LogP contribution in [0.4, 0.5) is 5.95 Å². The predicted molar refractivity (Wildman–Crippen MR) is 78.5 cm³/mol. The Morgan fingerprint density at radius 1 is 1.41 bits per heavy atom. The van der Waals surface area contributed by atoms with Crippen molar-refractivity contribution in [3.8, 4) is 0 Å². The SMILES string of the molecule is Cc1ccn2c(NC(=O)c3cc(CC(C)C)on3)nnc2n1. The van der Waals surface area contributed by atoms with Gasteiger partial charge in [-0.15, -0.1) is 10.2 Å². The number of anilines is 1. The van der Waals surface area contributed by atoms with Gasteiger partial charge >= 0.3 is 0 Å². The van der Waals surface area contributed by atoms with Gasteiger partial charge in [0.25, 0.3) is 11.7 Å². The first-order valence-electron chi connectivity index (χ1n) is 6.98. The van der Waals surface area contributed by atoms with Gasteiger partial charge in [-0.2, -0.15) is 0 Å². The van der Waals surface area contributed by atoms with Crippen molar-refractivity contribution in [3.63, 3.8) is 0 Å². The molecule has 8 heteroatoms. The average molecular weight is 300 g/mol. The molecule has 1 N–H and O–H groups in total. The summed E-state index contributed by atoms with van der Waals surface area (Å²) < 4.78 is 6.75. The Morgan fingerprint density at radius 2 is 2.23 bits per heavy atom. The molecule has 0 aliphatic rings. The van der Waals surface area contributed by atoms with Crippen LogP contribution in [0.15, 0.2) is 22.9 Å². The summed E-state index contributed by atoms with van der Waals surface area (Å²) in [4.78, 5) is 16.4. The molecule has 0 aromatic carbocycles. The molecule has 3 rings (SSSR count). The van der Waals surface area contributed by atoms with Crippen LogP contribution >= 0.6 is 0 Å². The van der Waals surface area contributed by atoms with Crippen LogP contribution in [-0.2, 0) is 6.42 Å². The number of aromatic nitrogens is 5. The molecule has 0 aliphatic heterocycles. The molecule has 8 nitrogen and oxygen atoms in total. The van der Waals surface area contributed by atoms with E-state index in [4.69, 9.17) is 4.52 Å². The van der Waals surface area contributed by atoms with E-state index in [1.54, 1.807) is 16.7 Å². The van der Waals surface area contributed by atoms with E-state index in [9.17, 15) is 4.79 Å². The van der Waals surface area contributed by atoms with Crippen LogP contribution in [0.1, 0.15) is 35.8 Å². The van der Waals surface area contributed by atoms with Gasteiger partial charge in [-0.3, -0.25) is 14.5 Å². The monoisotopic (exact) mass is 300 g/mol. The van der Waals surface area contributed by atoms with Crippen LogP contribution in [0.5, 0.6) is 0 Å². The van der Waals surface area contributed by atoms with E-state index in [0.717, 1.165) is 12.1 Å². The Kier molecular flexibility index (Phi) is 3.58. The third-order valence-corrected chi connectivity index (χ3v) is 3.05. The second-order valence-corrected chi connectivity index (χ2v) is 5.49. The second-order valence-electron chi connectivity index (χ2n) is 5.49. The van der Waals surface area contributed by atoms with E-state index in [1.165, 1.54) is 0 Å². The number of aryl methyl sites for hydroxylation is 1. The Morgan fingerprint density at radius 3 is 3.00 bits per heavy atom. The van der Waals surface area contributed by atoms with Crippen LogP contribution in [0, 0.1) is 12.8 Å². The summed E-state index contributed by atoms with van der Waals surface area (Å²) in [6, 6.07) is 3.45. The zero-order valence-electron chi connectivity index (χ0n) is 12.6. The number of amides is 1. The third-order valence-electron chi connectivity index (χ3n) is 3.05. The molecular weight excluding hydrogens is 284 g/mol. The van der Waals surface area contributed by atoms with E-state index < -0.39 is 5.91 Å². The molecule has 114 valence electrons. The highest BCUT2D eigenvalue weighted by Gasteiger charge is 2.16. The van der Waals surface area contributed by atoms with Crippen molar-refractivity contribution in [1.82, 2.24) is 24.7 Å². The first kappa shape index (κ1) is 14.2. The van der Waals surface area contributed by atoms with Crippen molar-refractivity contribution >= 4 is 17.6 Å². The van der Waals surface area contributed by atoms with Gasteiger partial charge in [-0.1, -0.05) is 19.0 Å². The van der Waals surface area contributed by atoms with Crippen molar-refractivity contribution in [2.45, 2.75) is 27.2 Å². The topological polar surface area (TPSA) is 98.2 Å². The summed E-state index contributed by atoms with van der Waals surface area (Å²) in [5.74, 6) is 1.44. The molecule has 0 radical (unpaired) electrons. The van der Waals surface area contributed by atoms with E-state index in [0.29, 0.717) is 23.4 Å². The summed E-state index contributed by atoms with van der Waals surface area (Å²) >= 11 is 0. The molecule has 1 amide bonds. The van der Waals surface area contributed by atoms with Crippen molar-refractivity contribution in [3.05, 3.63) is 35.5 Å². The molecule has 22 heavy (non-hydrogen) atoms. The molecule has 3 aromatic heterocycles. The molecule has 0 bridgehead atoms. The van der Waals surface area contributed by atoms with Gasteiger partial charge in [0.1, 0.15) is 5.76 Å². The zero-order valence-corrected chi connectivity index (χ0v) is 12.6. The Balaban J connectivity index is 1.79. The van der Waals surface area contributed by atoms with Crippen LogP contribution in [0.25, 0.3) is 5.78 Å². The van der Waals surface area contributed by atoms with E-state index in [1.807, 2.05) is 13.0 Å². The molecule has 3 heterocycles. The first-order valence-corrected chi connectivity index (χ1v) is 6.98. The van der Waals surface area contributed by atoms with Crippen molar-refractivity contribution < 1.29 is 9.32 Å². The van der Waals surface area contributed by atoms with Gasteiger partial charge in [0, 0.05) is 24.4 Å². The smallest absolute Gasteiger partial charge is 0.280 e. The average Bonchev–Trinajstić information content (AvgIpc) is 3.05. The normalized spacial score (nSPS) is 11.3. The maximum Gasteiger partial charge on any atom is 0.280 e. The standard InChI is InChI=1S/C14H16N6O2/c1-8(2)6-10-7-11(19-22-10)12(21)16-14-18-17-13-15-9(3)4-5-20(13)14/h4-5,7-8H,6H2,1-3H3,(H,16,18,21). The van der Waals surface area contributed by atoms with Crippen LogP contribution < -0.4 is 5.32 Å². The fourth-order valence-corrected chi connectivity index (χ4v) is 2.04. The fraction of sp³-hybridized carbons (Fsp3) is 0.357. The molecule has 0 saturated heterocycles. The second kappa shape index (κ2) is 5.55. The molecule has 0 aliphatic carbocycles. The molecule has 0 saturated carbocycles. The molecule has 0 atom stereocenters. The quantitative estimate of drug-likeness (QED) is 0.789. The van der Waals surface area contributed by atoms with Gasteiger partial charge in [0.05, 0.1) is 0 Å². The Labute approximate surface area is 126 Å². The lowest BCUT2D eigenvalue weighted by Crippen LogP contribution is -2.14. The molecule has 0 spiro atoms. The minimum absolute atomic E-state index is 0.215. The minimum atomic E-state index is -0.395. The third kappa shape index (κ3) is 2.80. The Bertz CT molecular complexity index is 820. The minimum Gasteiger partial charge on any atom is -0.361 e. The molecule has 0 unspecified atom stereocenters. The van der Waals surface area contributed by atoms with Crippen molar-refractivity contribution in [2.75, 3.05) is 5.32 Å². The van der Waals surface area contributed by atoms with Gasteiger partial charge in [-0.05, 0) is 18.9 Å². The molecule has 0 fully saturated rings. The summed E-state index contributed by atoms with van der Waals surface area (Å²) in [7, 11) is 0. The lowest BCUT2D eigenvalue weighted by Gasteiger charge is -2.00. The van der Waals surface area contributed by atoms with Gasteiger partial charge in [0.2, 0.25) is 5.95 Å². The largest absolute Gasteiger partial charge is 0.361 e. The number of hydrogen-bond acceptors (Lipinski definition) is 6. The number of rotatable bonds is 4. The summed E-state index contributed by atoms with van der Waals surface area (Å²) in [6.07, 6.45) is 2.48. The molecular formula is C14H16N6O2. The van der Waals surface area contributed by atoms with Crippen LogP contribution in [-0.4, -0.2) is 30.6 Å². The molecule has 3 aromatic rings. The highest BCUT2D eigenvalue weighted by Crippen LogP contribution is 2.12. The van der Waals surface area contributed by atoms with Gasteiger partial charge in [0.15, 0.2) is 5.69 Å². The highest BCUT2D eigenvalue weighted by molar-refractivity contribution is 6.01. The summed E-state index contributed by atoms with van der Waals surface area (Å²) in [5.41, 5.74) is 1.04. The van der Waals surface area contributed by atoms with E-state index >= 15 is 0 Å². The van der Waals surface area contributed by atoms with E-state index in [2.05, 4.69) is 39.5 Å². The predicted octanol–water partition coefficient (Wildman–Crippen LogP) is 1.87. The maximum absolute atomic E-state index is 12.2. The van der Waals surface area contributed by atoms with E-state index in [-0.39, 0.29) is 5.69 Å². The summed E-state index contributed by atoms with van der Waals surface area (Å²) in [6.45, 7) is 6.00. The fourth-order valence-electron chi connectivity index (χ4n) is 2.04. The van der Waals surface area contributed by atoms with Gasteiger partial charge in [-0.25, -0.2) is 4.98 Å². The Hall–Kier alpha value is -2.77. The number of fused-ring (bicyclic) bond motifs is 1. The van der Waals surface area contributed by atoms with Crippen molar-refractivity contribution in [2.24, 2.45) is 5.92 Å². The van der Waals surface area contributed by atoms with Crippen LogP contribution in [0.3, 0.4) is 0 Å². The maximum atomic E-state index is 12.2. The number of carbonyl (C=O) groups is 1. The first-order chi connectivity index (χ1) is 10.5. The lowest BCUT2D eigenvalue weighted by molar-refractivity contribution is 0.101. The summed E-state index contributed by atoms with van der Waals surface area (Å²) in [5, 5.41) is 14.3. The van der Waals surface area contributed by atoms with Crippen LogP contribution in [0.2, 0.25) is 0 Å². The lowest BCUT2D eigenvalue weighted by atomic mass is 10.1. The zero-order chi connectivity index (χ0) is 15.7.